The Hall–Kier alpha value is -2.92. The molecule has 0 amide bonds. The third-order valence-corrected chi connectivity index (χ3v) is 5.65. The minimum atomic E-state index is -3.42. The van der Waals surface area contributed by atoms with E-state index in [0.717, 1.165) is 17.4 Å². The lowest BCUT2D eigenvalue weighted by molar-refractivity contribution is 0.112. The van der Waals surface area contributed by atoms with Crippen LogP contribution in [0.15, 0.2) is 83.8 Å². The van der Waals surface area contributed by atoms with Gasteiger partial charge >= 0.3 is 0 Å². The molecule has 0 aliphatic heterocycles. The third-order valence-electron chi connectivity index (χ3n) is 3.96. The fraction of sp³-hybridized carbons (Fsp3) is 0.0952. The number of hydrogen-bond acceptors (Lipinski definition) is 4. The van der Waals surface area contributed by atoms with Gasteiger partial charge in [0.25, 0.3) is 0 Å². The molecule has 0 saturated heterocycles. The van der Waals surface area contributed by atoms with Crippen LogP contribution in [0.2, 0.25) is 0 Å². The number of aldehydes is 1. The number of benzene rings is 3. The molecule has 0 aromatic heterocycles. The summed E-state index contributed by atoms with van der Waals surface area (Å²) in [7, 11) is -3.42. The normalized spacial score (nSPS) is 11.1. The van der Waals surface area contributed by atoms with Crippen LogP contribution in [0.4, 0.5) is 0 Å². The number of carbonyl (C=O) groups is 1. The standard InChI is InChI=1S/C21H18O4S/c22-16-17-6-10-20(11-7-17)25-14-15-26(23,24)21-12-8-19(9-13-21)18-4-2-1-3-5-18/h1-13,16H,14-15H2. The summed E-state index contributed by atoms with van der Waals surface area (Å²) in [5.41, 5.74) is 2.55. The van der Waals surface area contributed by atoms with Gasteiger partial charge in [-0.05, 0) is 47.5 Å². The van der Waals surface area contributed by atoms with Crippen molar-refractivity contribution in [2.75, 3.05) is 12.4 Å². The molecule has 0 radical (unpaired) electrons. The molecule has 5 heteroatoms. The van der Waals surface area contributed by atoms with E-state index < -0.39 is 9.84 Å². The Morgan fingerprint density at radius 3 is 2.00 bits per heavy atom. The number of rotatable bonds is 7. The summed E-state index contributed by atoms with van der Waals surface area (Å²) in [4.78, 5) is 10.9. The molecule has 26 heavy (non-hydrogen) atoms. The maximum Gasteiger partial charge on any atom is 0.181 e. The lowest BCUT2D eigenvalue weighted by Crippen LogP contribution is -2.14. The van der Waals surface area contributed by atoms with Gasteiger partial charge in [-0.15, -0.1) is 0 Å². The molecule has 4 nitrogen and oxygen atoms in total. The zero-order valence-corrected chi connectivity index (χ0v) is 14.9. The second-order valence-corrected chi connectivity index (χ2v) is 7.85. The Labute approximate surface area is 153 Å². The molecule has 0 fully saturated rings. The van der Waals surface area contributed by atoms with E-state index in [1.807, 2.05) is 30.3 Å². The van der Waals surface area contributed by atoms with Crippen molar-refractivity contribution >= 4 is 16.1 Å². The van der Waals surface area contributed by atoms with Crippen molar-refractivity contribution in [2.24, 2.45) is 0 Å². The Bertz CT molecular complexity index is 961. The Morgan fingerprint density at radius 1 is 0.769 bits per heavy atom. The van der Waals surface area contributed by atoms with Crippen molar-refractivity contribution in [3.8, 4) is 16.9 Å². The molecule has 3 aromatic carbocycles. The third kappa shape index (κ3) is 4.37. The Morgan fingerprint density at radius 2 is 1.38 bits per heavy atom. The minimum absolute atomic E-state index is 0.0448. The summed E-state index contributed by atoms with van der Waals surface area (Å²) in [6.45, 7) is 0.0448. The maximum absolute atomic E-state index is 12.4. The van der Waals surface area contributed by atoms with Crippen LogP contribution >= 0.6 is 0 Å². The average Bonchev–Trinajstić information content (AvgIpc) is 2.69. The highest BCUT2D eigenvalue weighted by Gasteiger charge is 2.14. The molecule has 132 valence electrons. The molecule has 0 unspecified atom stereocenters. The maximum atomic E-state index is 12.4. The van der Waals surface area contributed by atoms with Gasteiger partial charge in [-0.2, -0.15) is 0 Å². The topological polar surface area (TPSA) is 60.4 Å². The fourth-order valence-electron chi connectivity index (χ4n) is 2.52. The van der Waals surface area contributed by atoms with Gasteiger partial charge in [0.05, 0.1) is 10.6 Å². The van der Waals surface area contributed by atoms with Crippen molar-refractivity contribution in [1.29, 1.82) is 0 Å². The summed E-state index contributed by atoms with van der Waals surface area (Å²) in [5, 5.41) is 0. The van der Waals surface area contributed by atoms with Gasteiger partial charge < -0.3 is 4.74 Å². The van der Waals surface area contributed by atoms with Crippen LogP contribution in [-0.2, 0) is 9.84 Å². The predicted molar refractivity (Wildman–Crippen MR) is 101 cm³/mol. The van der Waals surface area contributed by atoms with E-state index in [1.54, 1.807) is 48.5 Å². The second-order valence-electron chi connectivity index (χ2n) is 5.74. The summed E-state index contributed by atoms with van der Waals surface area (Å²) >= 11 is 0. The molecule has 0 aliphatic rings. The fourth-order valence-corrected chi connectivity index (χ4v) is 3.60. The summed E-state index contributed by atoms with van der Waals surface area (Å²) in [6, 6.07) is 23.2. The number of ether oxygens (including phenoxy) is 1. The monoisotopic (exact) mass is 366 g/mol. The quantitative estimate of drug-likeness (QED) is 0.593. The zero-order valence-electron chi connectivity index (χ0n) is 14.0. The molecule has 0 N–H and O–H groups in total. The second kappa shape index (κ2) is 7.97. The van der Waals surface area contributed by atoms with Crippen LogP contribution in [-0.4, -0.2) is 27.1 Å². The highest BCUT2D eigenvalue weighted by atomic mass is 32.2. The number of carbonyl (C=O) groups excluding carboxylic acids is 1. The van der Waals surface area contributed by atoms with Gasteiger partial charge in [0.2, 0.25) is 0 Å². The van der Waals surface area contributed by atoms with Crippen LogP contribution in [0.3, 0.4) is 0 Å². The van der Waals surface area contributed by atoms with E-state index in [9.17, 15) is 13.2 Å². The molecular weight excluding hydrogens is 348 g/mol. The lowest BCUT2D eigenvalue weighted by Gasteiger charge is -2.08. The molecule has 0 bridgehead atoms. The molecular formula is C21H18O4S. The molecule has 3 rings (SSSR count). The van der Waals surface area contributed by atoms with Crippen molar-refractivity contribution in [3.63, 3.8) is 0 Å². The first-order valence-corrected chi connectivity index (χ1v) is 9.80. The van der Waals surface area contributed by atoms with Crippen molar-refractivity contribution < 1.29 is 17.9 Å². The van der Waals surface area contributed by atoms with Crippen molar-refractivity contribution in [1.82, 2.24) is 0 Å². The van der Waals surface area contributed by atoms with Gasteiger partial charge in [0, 0.05) is 5.56 Å². The van der Waals surface area contributed by atoms with Gasteiger partial charge in [0.15, 0.2) is 9.84 Å². The number of sulfone groups is 1. The molecule has 0 spiro atoms. The van der Waals surface area contributed by atoms with E-state index in [0.29, 0.717) is 11.3 Å². The van der Waals surface area contributed by atoms with Gasteiger partial charge in [-0.1, -0.05) is 42.5 Å². The first kappa shape index (κ1) is 17.9. The van der Waals surface area contributed by atoms with Crippen LogP contribution in [0.25, 0.3) is 11.1 Å². The van der Waals surface area contributed by atoms with Gasteiger partial charge in [-0.25, -0.2) is 8.42 Å². The van der Waals surface area contributed by atoms with Crippen LogP contribution in [0.5, 0.6) is 5.75 Å². The SMILES string of the molecule is O=Cc1ccc(OCCS(=O)(=O)c2ccc(-c3ccccc3)cc2)cc1. The molecule has 0 aliphatic carbocycles. The van der Waals surface area contributed by atoms with Crippen molar-refractivity contribution in [3.05, 3.63) is 84.4 Å². The summed E-state index contributed by atoms with van der Waals surface area (Å²) in [5.74, 6) is 0.415. The molecule has 3 aromatic rings. The lowest BCUT2D eigenvalue weighted by atomic mass is 10.1. The Balaban J connectivity index is 1.63. The van der Waals surface area contributed by atoms with Gasteiger partial charge in [0.1, 0.15) is 18.6 Å². The summed E-state index contributed by atoms with van der Waals surface area (Å²) < 4.78 is 30.3. The van der Waals surface area contributed by atoms with Crippen molar-refractivity contribution in [2.45, 2.75) is 4.90 Å². The number of hydrogen-bond donors (Lipinski definition) is 0. The summed E-state index contributed by atoms with van der Waals surface area (Å²) in [6.07, 6.45) is 0.743. The van der Waals surface area contributed by atoms with Crippen LogP contribution in [0, 0.1) is 0 Å². The van der Waals surface area contributed by atoms with E-state index in [1.165, 1.54) is 0 Å². The molecule has 0 atom stereocenters. The average molecular weight is 366 g/mol. The zero-order chi connectivity index (χ0) is 18.4. The first-order valence-electron chi connectivity index (χ1n) is 8.15. The highest BCUT2D eigenvalue weighted by molar-refractivity contribution is 7.91. The van der Waals surface area contributed by atoms with Crippen LogP contribution < -0.4 is 4.74 Å². The predicted octanol–water partition coefficient (Wildman–Crippen LogP) is 4.02. The smallest absolute Gasteiger partial charge is 0.181 e. The Kier molecular flexibility index (Phi) is 5.49. The van der Waals surface area contributed by atoms with E-state index in [4.69, 9.17) is 4.74 Å². The molecule has 0 saturated carbocycles. The van der Waals surface area contributed by atoms with E-state index in [-0.39, 0.29) is 17.3 Å². The minimum Gasteiger partial charge on any atom is -0.493 e. The van der Waals surface area contributed by atoms with E-state index >= 15 is 0 Å². The van der Waals surface area contributed by atoms with Crippen LogP contribution in [0.1, 0.15) is 10.4 Å². The first-order chi connectivity index (χ1) is 12.6. The van der Waals surface area contributed by atoms with Gasteiger partial charge in [-0.3, -0.25) is 4.79 Å². The molecule has 0 heterocycles. The largest absolute Gasteiger partial charge is 0.493 e. The highest BCUT2D eigenvalue weighted by Crippen LogP contribution is 2.21. The van der Waals surface area contributed by atoms with E-state index in [2.05, 4.69) is 0 Å².